The van der Waals surface area contributed by atoms with Crippen LogP contribution < -0.4 is 9.47 Å². The molecule has 24 heavy (non-hydrogen) atoms. The second kappa shape index (κ2) is 7.77. The maximum Gasteiger partial charge on any atom is 0.128 e. The van der Waals surface area contributed by atoms with Crippen LogP contribution in [0.5, 0.6) is 11.5 Å². The van der Waals surface area contributed by atoms with Crippen molar-refractivity contribution < 1.29 is 9.47 Å². The van der Waals surface area contributed by atoms with Crippen LogP contribution in [0, 0.1) is 12.3 Å². The number of benzene rings is 1. The van der Waals surface area contributed by atoms with E-state index >= 15 is 0 Å². The third-order valence-corrected chi connectivity index (χ3v) is 6.39. The van der Waals surface area contributed by atoms with E-state index < -0.39 is 0 Å². The number of likely N-dealkylation sites (tertiary alicyclic amines) is 1. The lowest BCUT2D eigenvalue weighted by Crippen LogP contribution is -2.41. The van der Waals surface area contributed by atoms with E-state index in [1.165, 1.54) is 63.6 Å². The smallest absolute Gasteiger partial charge is 0.128 e. The molecule has 3 nitrogen and oxygen atoms in total. The number of ether oxygens (including phenoxy) is 2. The van der Waals surface area contributed by atoms with E-state index in [2.05, 4.69) is 24.0 Å². The normalized spacial score (nSPS) is 21.0. The van der Waals surface area contributed by atoms with Gasteiger partial charge in [0.05, 0.1) is 14.2 Å². The highest BCUT2D eigenvalue weighted by Gasteiger charge is 2.35. The van der Waals surface area contributed by atoms with Gasteiger partial charge in [-0.2, -0.15) is 0 Å². The fourth-order valence-electron chi connectivity index (χ4n) is 4.76. The van der Waals surface area contributed by atoms with Gasteiger partial charge in [-0.15, -0.1) is 0 Å². The minimum atomic E-state index is 0.698. The Hall–Kier alpha value is -1.22. The van der Waals surface area contributed by atoms with Crippen molar-refractivity contribution >= 4 is 0 Å². The molecular weight excluding hydrogens is 298 g/mol. The Kier molecular flexibility index (Phi) is 5.70. The summed E-state index contributed by atoms with van der Waals surface area (Å²) >= 11 is 0. The molecule has 3 heteroatoms. The van der Waals surface area contributed by atoms with Crippen LogP contribution in [0.4, 0.5) is 0 Å². The number of nitrogens with zero attached hydrogens (tertiary/aromatic N) is 1. The van der Waals surface area contributed by atoms with Gasteiger partial charge in [-0.1, -0.05) is 25.3 Å². The zero-order valence-electron chi connectivity index (χ0n) is 15.7. The fourth-order valence-corrected chi connectivity index (χ4v) is 4.76. The summed E-state index contributed by atoms with van der Waals surface area (Å²) in [4.78, 5) is 2.65. The zero-order chi connectivity index (χ0) is 17.0. The lowest BCUT2D eigenvalue weighted by molar-refractivity contribution is 0.0684. The first-order valence-corrected chi connectivity index (χ1v) is 9.60. The highest BCUT2D eigenvalue weighted by molar-refractivity contribution is 5.49. The molecule has 1 heterocycles. The van der Waals surface area contributed by atoms with Crippen LogP contribution >= 0.6 is 0 Å². The maximum absolute atomic E-state index is 5.65. The van der Waals surface area contributed by atoms with Crippen LogP contribution in [0.2, 0.25) is 0 Å². The van der Waals surface area contributed by atoms with E-state index in [-0.39, 0.29) is 0 Å². The van der Waals surface area contributed by atoms with Crippen LogP contribution in [-0.2, 0) is 6.42 Å². The highest BCUT2D eigenvalue weighted by atomic mass is 16.5. The Labute approximate surface area is 147 Å². The first kappa shape index (κ1) is 17.6. The molecule has 3 rings (SSSR count). The predicted octanol–water partition coefficient (Wildman–Crippen LogP) is 4.60. The van der Waals surface area contributed by atoms with Crippen molar-refractivity contribution in [1.82, 2.24) is 4.90 Å². The number of hydrogen-bond acceptors (Lipinski definition) is 3. The van der Waals surface area contributed by atoms with Gasteiger partial charge in [0.25, 0.3) is 0 Å². The first-order valence-electron chi connectivity index (χ1n) is 9.60. The van der Waals surface area contributed by atoms with E-state index in [0.717, 1.165) is 30.0 Å². The van der Waals surface area contributed by atoms with E-state index in [0.29, 0.717) is 5.41 Å². The highest BCUT2D eigenvalue weighted by Crippen LogP contribution is 2.44. The molecule has 0 atom stereocenters. The summed E-state index contributed by atoms with van der Waals surface area (Å²) in [7, 11) is 3.48. The van der Waals surface area contributed by atoms with Gasteiger partial charge in [0.15, 0.2) is 0 Å². The molecule has 134 valence electrons. The molecule has 1 aromatic carbocycles. The third kappa shape index (κ3) is 3.72. The lowest BCUT2D eigenvalue weighted by atomic mass is 9.68. The first-order chi connectivity index (χ1) is 11.7. The average molecular weight is 332 g/mol. The molecule has 0 bridgehead atoms. The van der Waals surface area contributed by atoms with Crippen molar-refractivity contribution in [2.75, 3.05) is 33.9 Å². The Morgan fingerprint density at radius 1 is 0.958 bits per heavy atom. The zero-order valence-corrected chi connectivity index (χ0v) is 15.7. The van der Waals surface area contributed by atoms with Gasteiger partial charge in [-0.3, -0.25) is 0 Å². The van der Waals surface area contributed by atoms with Gasteiger partial charge >= 0.3 is 0 Å². The Morgan fingerprint density at radius 2 is 1.67 bits per heavy atom. The van der Waals surface area contributed by atoms with Crippen molar-refractivity contribution in [3.63, 3.8) is 0 Å². The molecular formula is C21H33NO2. The molecule has 0 aromatic heterocycles. The molecule has 0 N–H and O–H groups in total. The monoisotopic (exact) mass is 331 g/mol. The van der Waals surface area contributed by atoms with E-state index in [9.17, 15) is 0 Å². The number of rotatable bonds is 5. The minimum Gasteiger partial charge on any atom is -0.496 e. The molecule has 2 fully saturated rings. The van der Waals surface area contributed by atoms with E-state index in [4.69, 9.17) is 9.47 Å². The quantitative estimate of drug-likeness (QED) is 0.787. The number of methoxy groups -OCH3 is 2. The summed E-state index contributed by atoms with van der Waals surface area (Å²) in [6.07, 6.45) is 11.2. The summed E-state index contributed by atoms with van der Waals surface area (Å²) in [5.41, 5.74) is 3.11. The standard InChI is InChI=1S/C21H33NO2/c1-17-19(23-2)8-7-18(20(17)24-3)9-14-22-15-12-21(13-16-22)10-5-4-6-11-21/h7-8H,4-6,9-16H2,1-3H3. The van der Waals surface area contributed by atoms with Gasteiger partial charge in [0.2, 0.25) is 0 Å². The van der Waals surface area contributed by atoms with Crippen molar-refractivity contribution in [2.45, 2.75) is 58.3 Å². The van der Waals surface area contributed by atoms with Gasteiger partial charge < -0.3 is 14.4 Å². The Bertz CT molecular complexity index is 539. The summed E-state index contributed by atoms with van der Waals surface area (Å²) in [5, 5.41) is 0. The summed E-state index contributed by atoms with van der Waals surface area (Å²) in [6.45, 7) is 5.77. The van der Waals surface area contributed by atoms with Crippen molar-refractivity contribution in [3.8, 4) is 11.5 Å². The molecule has 1 aliphatic heterocycles. The van der Waals surface area contributed by atoms with Crippen LogP contribution in [-0.4, -0.2) is 38.8 Å². The largest absolute Gasteiger partial charge is 0.496 e. The van der Waals surface area contributed by atoms with E-state index in [1.54, 1.807) is 14.2 Å². The van der Waals surface area contributed by atoms with Crippen LogP contribution in [0.15, 0.2) is 12.1 Å². The van der Waals surface area contributed by atoms with Gasteiger partial charge in [-0.05, 0) is 69.2 Å². The van der Waals surface area contributed by atoms with Crippen molar-refractivity contribution in [1.29, 1.82) is 0 Å². The molecule has 0 radical (unpaired) electrons. The molecule has 0 unspecified atom stereocenters. The fraction of sp³-hybridized carbons (Fsp3) is 0.714. The number of hydrogen-bond donors (Lipinski definition) is 0. The second-order valence-electron chi connectivity index (χ2n) is 7.74. The molecule has 1 spiro atoms. The maximum atomic E-state index is 5.65. The third-order valence-electron chi connectivity index (χ3n) is 6.39. The summed E-state index contributed by atoms with van der Waals surface area (Å²) in [5.74, 6) is 1.91. The van der Waals surface area contributed by atoms with Crippen LogP contribution in [0.3, 0.4) is 0 Å². The molecule has 0 amide bonds. The van der Waals surface area contributed by atoms with Crippen LogP contribution in [0.1, 0.15) is 56.1 Å². The minimum absolute atomic E-state index is 0.698. The summed E-state index contributed by atoms with van der Waals surface area (Å²) in [6, 6.07) is 4.23. The van der Waals surface area contributed by atoms with Gasteiger partial charge in [-0.25, -0.2) is 0 Å². The Balaban J connectivity index is 1.56. The molecule has 1 aromatic rings. The van der Waals surface area contributed by atoms with E-state index in [1.807, 2.05) is 0 Å². The molecule has 1 saturated carbocycles. The average Bonchev–Trinajstić information content (AvgIpc) is 2.62. The second-order valence-corrected chi connectivity index (χ2v) is 7.74. The van der Waals surface area contributed by atoms with Crippen molar-refractivity contribution in [2.24, 2.45) is 5.41 Å². The topological polar surface area (TPSA) is 21.7 Å². The predicted molar refractivity (Wildman–Crippen MR) is 99.2 cm³/mol. The lowest BCUT2D eigenvalue weighted by Gasteiger charge is -2.44. The number of piperidine rings is 1. The summed E-state index contributed by atoms with van der Waals surface area (Å²) < 4.78 is 11.1. The molecule has 2 aliphatic rings. The Morgan fingerprint density at radius 3 is 2.29 bits per heavy atom. The SMILES string of the molecule is COc1ccc(CCN2CCC3(CCCCC3)CC2)c(OC)c1C. The van der Waals surface area contributed by atoms with Crippen molar-refractivity contribution in [3.05, 3.63) is 23.3 Å². The molecule has 1 aliphatic carbocycles. The van der Waals surface area contributed by atoms with Gasteiger partial charge in [0, 0.05) is 12.1 Å². The van der Waals surface area contributed by atoms with Gasteiger partial charge in [0.1, 0.15) is 11.5 Å². The van der Waals surface area contributed by atoms with Crippen LogP contribution in [0.25, 0.3) is 0 Å². The molecule has 1 saturated heterocycles.